The van der Waals surface area contributed by atoms with Crippen LogP contribution >= 0.6 is 0 Å². The SMILES string of the molecule is CC(C)(CCNc1ccccc1OC(F)(F)F)C(N)=NO. The number of halogens is 3. The van der Waals surface area contributed by atoms with E-state index >= 15 is 0 Å². The average Bonchev–Trinajstić information content (AvgIpc) is 2.38. The van der Waals surface area contributed by atoms with E-state index in [2.05, 4.69) is 15.2 Å². The van der Waals surface area contributed by atoms with Crippen molar-refractivity contribution >= 4 is 11.5 Å². The fourth-order valence-electron chi connectivity index (χ4n) is 1.60. The van der Waals surface area contributed by atoms with Crippen LogP contribution in [0.2, 0.25) is 0 Å². The second kappa shape index (κ2) is 6.55. The Labute approximate surface area is 120 Å². The minimum absolute atomic E-state index is 0.0594. The van der Waals surface area contributed by atoms with E-state index < -0.39 is 11.8 Å². The van der Waals surface area contributed by atoms with Crippen LogP contribution < -0.4 is 15.8 Å². The van der Waals surface area contributed by atoms with Gasteiger partial charge in [0.1, 0.15) is 5.84 Å². The molecule has 0 atom stereocenters. The van der Waals surface area contributed by atoms with Crippen molar-refractivity contribution in [1.29, 1.82) is 0 Å². The van der Waals surface area contributed by atoms with Crippen molar-refractivity contribution in [1.82, 2.24) is 0 Å². The zero-order chi connectivity index (χ0) is 16.1. The molecule has 0 amide bonds. The van der Waals surface area contributed by atoms with Crippen molar-refractivity contribution in [3.63, 3.8) is 0 Å². The molecule has 1 aromatic rings. The first-order chi connectivity index (χ1) is 9.65. The summed E-state index contributed by atoms with van der Waals surface area (Å²) < 4.78 is 40.8. The van der Waals surface area contributed by atoms with E-state index in [0.29, 0.717) is 13.0 Å². The third-order valence-corrected chi connectivity index (χ3v) is 2.98. The van der Waals surface area contributed by atoms with Crippen LogP contribution in [0.15, 0.2) is 29.4 Å². The summed E-state index contributed by atoms with van der Waals surface area (Å²) in [4.78, 5) is 0. The lowest BCUT2D eigenvalue weighted by atomic mass is 9.88. The molecule has 5 nitrogen and oxygen atoms in total. The van der Waals surface area contributed by atoms with Gasteiger partial charge in [-0.2, -0.15) is 0 Å². The molecule has 1 aromatic carbocycles. The average molecular weight is 305 g/mol. The number of nitrogens with zero attached hydrogens (tertiary/aromatic N) is 1. The number of nitrogens with two attached hydrogens (primary N) is 1. The molecule has 4 N–H and O–H groups in total. The van der Waals surface area contributed by atoms with Crippen LogP contribution in [0.5, 0.6) is 5.75 Å². The Hall–Kier alpha value is -2.12. The van der Waals surface area contributed by atoms with Gasteiger partial charge in [-0.25, -0.2) is 0 Å². The molecule has 0 spiro atoms. The number of anilines is 1. The van der Waals surface area contributed by atoms with E-state index in [0.717, 1.165) is 0 Å². The monoisotopic (exact) mass is 305 g/mol. The molecule has 8 heteroatoms. The summed E-state index contributed by atoms with van der Waals surface area (Å²) in [7, 11) is 0. The third-order valence-electron chi connectivity index (χ3n) is 2.98. The lowest BCUT2D eigenvalue weighted by Gasteiger charge is -2.23. The fourth-order valence-corrected chi connectivity index (χ4v) is 1.60. The molecular weight excluding hydrogens is 287 g/mol. The van der Waals surface area contributed by atoms with Crippen molar-refractivity contribution in [3.05, 3.63) is 24.3 Å². The van der Waals surface area contributed by atoms with Crippen LogP contribution in [0.3, 0.4) is 0 Å². The molecule has 0 saturated carbocycles. The van der Waals surface area contributed by atoms with Crippen LogP contribution in [0.25, 0.3) is 0 Å². The number of amidine groups is 1. The minimum atomic E-state index is -4.75. The molecule has 0 fully saturated rings. The van der Waals surface area contributed by atoms with Crippen molar-refractivity contribution in [2.75, 3.05) is 11.9 Å². The molecule has 0 unspecified atom stereocenters. The zero-order valence-electron chi connectivity index (χ0n) is 11.7. The van der Waals surface area contributed by atoms with Gasteiger partial charge in [-0.05, 0) is 18.6 Å². The third kappa shape index (κ3) is 5.41. The Kier molecular flexibility index (Phi) is 5.28. The molecule has 0 aliphatic heterocycles. The van der Waals surface area contributed by atoms with Gasteiger partial charge in [-0.15, -0.1) is 13.2 Å². The van der Waals surface area contributed by atoms with Crippen LogP contribution in [0.4, 0.5) is 18.9 Å². The number of hydrogen-bond acceptors (Lipinski definition) is 4. The summed E-state index contributed by atoms with van der Waals surface area (Å²) in [6, 6.07) is 5.76. The van der Waals surface area contributed by atoms with Crippen molar-refractivity contribution < 1.29 is 23.1 Å². The normalized spacial score (nSPS) is 13.1. The largest absolute Gasteiger partial charge is 0.573 e. The van der Waals surface area contributed by atoms with E-state index in [9.17, 15) is 13.2 Å². The number of hydrogen-bond donors (Lipinski definition) is 3. The minimum Gasteiger partial charge on any atom is -0.409 e. The summed E-state index contributed by atoms with van der Waals surface area (Å²) >= 11 is 0. The van der Waals surface area contributed by atoms with Gasteiger partial charge in [0, 0.05) is 12.0 Å². The van der Waals surface area contributed by atoms with Crippen LogP contribution in [-0.2, 0) is 0 Å². The molecule has 0 aliphatic carbocycles. The first-order valence-electron chi connectivity index (χ1n) is 6.22. The molecule has 0 aliphatic rings. The lowest BCUT2D eigenvalue weighted by Crippen LogP contribution is -2.33. The maximum atomic E-state index is 12.3. The molecule has 0 saturated heterocycles. The van der Waals surface area contributed by atoms with Gasteiger partial charge in [0.15, 0.2) is 5.75 Å². The van der Waals surface area contributed by atoms with Gasteiger partial charge < -0.3 is 21.0 Å². The number of rotatable bonds is 6. The molecule has 21 heavy (non-hydrogen) atoms. The zero-order valence-corrected chi connectivity index (χ0v) is 11.7. The Morgan fingerprint density at radius 1 is 1.33 bits per heavy atom. The molecule has 1 rings (SSSR count). The van der Waals surface area contributed by atoms with E-state index in [-0.39, 0.29) is 17.3 Å². The Balaban J connectivity index is 2.68. The highest BCUT2D eigenvalue weighted by Crippen LogP contribution is 2.30. The van der Waals surface area contributed by atoms with Crippen LogP contribution in [-0.4, -0.2) is 23.9 Å². The number of para-hydroxylation sites is 2. The summed E-state index contributed by atoms with van der Waals surface area (Å²) in [6.45, 7) is 3.87. The molecule has 0 heterocycles. The maximum Gasteiger partial charge on any atom is 0.573 e. The van der Waals surface area contributed by atoms with E-state index in [1.54, 1.807) is 19.9 Å². The highest BCUT2D eigenvalue weighted by molar-refractivity contribution is 5.85. The fraction of sp³-hybridized carbons (Fsp3) is 0.462. The Bertz CT molecular complexity index is 502. The van der Waals surface area contributed by atoms with E-state index in [4.69, 9.17) is 10.9 Å². The maximum absolute atomic E-state index is 12.3. The number of alkyl halides is 3. The summed E-state index contributed by atoms with van der Waals surface area (Å²) in [5.74, 6) is -0.240. The smallest absolute Gasteiger partial charge is 0.409 e. The van der Waals surface area contributed by atoms with Gasteiger partial charge in [0.05, 0.1) is 5.69 Å². The summed E-state index contributed by atoms with van der Waals surface area (Å²) in [5.41, 5.74) is 5.19. The van der Waals surface area contributed by atoms with Gasteiger partial charge in [-0.3, -0.25) is 0 Å². The molecule has 0 radical (unpaired) electrons. The molecule has 118 valence electrons. The Morgan fingerprint density at radius 2 is 1.95 bits per heavy atom. The highest BCUT2D eigenvalue weighted by atomic mass is 19.4. The summed E-state index contributed by atoms with van der Waals surface area (Å²) in [6.07, 6.45) is -4.28. The number of benzene rings is 1. The predicted molar refractivity (Wildman–Crippen MR) is 73.4 cm³/mol. The van der Waals surface area contributed by atoms with Crippen LogP contribution in [0.1, 0.15) is 20.3 Å². The number of ether oxygens (including phenoxy) is 1. The summed E-state index contributed by atoms with van der Waals surface area (Å²) in [5, 5.41) is 14.5. The van der Waals surface area contributed by atoms with E-state index in [1.807, 2.05) is 0 Å². The van der Waals surface area contributed by atoms with Gasteiger partial charge >= 0.3 is 6.36 Å². The first kappa shape index (κ1) is 16.9. The number of oxime groups is 1. The number of nitrogens with one attached hydrogen (secondary N) is 1. The second-order valence-electron chi connectivity index (χ2n) is 5.09. The predicted octanol–water partition coefficient (Wildman–Crippen LogP) is 3.16. The standard InChI is InChI=1S/C13H18F3N3O2/c1-12(2,11(17)19-20)7-8-18-9-5-3-4-6-10(9)21-13(14,15)16/h3-6,18,20H,7-8H2,1-2H3,(H2,17,19). The van der Waals surface area contributed by atoms with Gasteiger partial charge in [0.25, 0.3) is 0 Å². The molecular formula is C13H18F3N3O2. The van der Waals surface area contributed by atoms with Crippen molar-refractivity contribution in [3.8, 4) is 5.75 Å². The lowest BCUT2D eigenvalue weighted by molar-refractivity contribution is -0.274. The van der Waals surface area contributed by atoms with Crippen LogP contribution in [0, 0.1) is 5.41 Å². The van der Waals surface area contributed by atoms with E-state index in [1.165, 1.54) is 18.2 Å². The molecule has 0 bridgehead atoms. The topological polar surface area (TPSA) is 79.9 Å². The second-order valence-corrected chi connectivity index (χ2v) is 5.09. The van der Waals surface area contributed by atoms with Gasteiger partial charge in [-0.1, -0.05) is 31.1 Å². The Morgan fingerprint density at radius 3 is 2.52 bits per heavy atom. The van der Waals surface area contributed by atoms with Crippen molar-refractivity contribution in [2.45, 2.75) is 26.6 Å². The highest BCUT2D eigenvalue weighted by Gasteiger charge is 2.32. The van der Waals surface area contributed by atoms with Gasteiger partial charge in [0.2, 0.25) is 0 Å². The first-order valence-corrected chi connectivity index (χ1v) is 6.22. The van der Waals surface area contributed by atoms with Crippen molar-refractivity contribution in [2.24, 2.45) is 16.3 Å². The quantitative estimate of drug-likeness (QED) is 0.326. The molecule has 0 aromatic heterocycles.